The van der Waals surface area contributed by atoms with Gasteiger partial charge in [0.1, 0.15) is 0 Å². The standard InChI is InChI=1S/C16H26N2O/c1-17-11-14-7-9-18(10-8-14)12-15-5-3-4-6-16(15)13-19-2/h3-6,14,17H,7-13H2,1-2H3. The quantitative estimate of drug-likeness (QED) is 0.851. The maximum absolute atomic E-state index is 5.28. The fourth-order valence-electron chi connectivity index (χ4n) is 2.89. The minimum Gasteiger partial charge on any atom is -0.380 e. The number of nitrogens with one attached hydrogen (secondary N) is 1. The fraction of sp³-hybridized carbons (Fsp3) is 0.625. The number of piperidine rings is 1. The van der Waals surface area contributed by atoms with E-state index in [0.29, 0.717) is 6.61 Å². The van der Waals surface area contributed by atoms with Gasteiger partial charge in [0.05, 0.1) is 6.61 Å². The molecule has 1 saturated heterocycles. The lowest BCUT2D eigenvalue weighted by Crippen LogP contribution is -2.36. The number of benzene rings is 1. The Hall–Kier alpha value is -0.900. The van der Waals surface area contributed by atoms with Crippen molar-refractivity contribution in [1.29, 1.82) is 0 Å². The lowest BCUT2D eigenvalue weighted by Gasteiger charge is -2.32. The van der Waals surface area contributed by atoms with Crippen molar-refractivity contribution in [1.82, 2.24) is 10.2 Å². The maximum Gasteiger partial charge on any atom is 0.0716 e. The summed E-state index contributed by atoms with van der Waals surface area (Å²) in [7, 11) is 3.81. The highest BCUT2D eigenvalue weighted by Crippen LogP contribution is 2.20. The number of ether oxygens (including phenoxy) is 1. The highest BCUT2D eigenvalue weighted by atomic mass is 16.5. The molecule has 0 aliphatic carbocycles. The Labute approximate surface area is 116 Å². The van der Waals surface area contributed by atoms with Gasteiger partial charge in [0.2, 0.25) is 0 Å². The zero-order valence-electron chi connectivity index (χ0n) is 12.2. The van der Waals surface area contributed by atoms with Crippen LogP contribution in [0.3, 0.4) is 0 Å². The van der Waals surface area contributed by atoms with Gasteiger partial charge in [-0.1, -0.05) is 24.3 Å². The second-order valence-electron chi connectivity index (χ2n) is 5.48. The Morgan fingerprint density at radius 3 is 2.53 bits per heavy atom. The molecular weight excluding hydrogens is 236 g/mol. The molecule has 19 heavy (non-hydrogen) atoms. The molecule has 0 aromatic heterocycles. The van der Waals surface area contributed by atoms with Crippen molar-refractivity contribution in [3.63, 3.8) is 0 Å². The van der Waals surface area contributed by atoms with Crippen LogP contribution in [0.4, 0.5) is 0 Å². The zero-order valence-corrected chi connectivity index (χ0v) is 12.2. The van der Waals surface area contributed by atoms with Crippen molar-refractivity contribution in [3.05, 3.63) is 35.4 Å². The summed E-state index contributed by atoms with van der Waals surface area (Å²) in [5, 5.41) is 3.29. The summed E-state index contributed by atoms with van der Waals surface area (Å²) in [6.07, 6.45) is 2.63. The van der Waals surface area contributed by atoms with Gasteiger partial charge in [0.15, 0.2) is 0 Å². The first kappa shape index (κ1) is 14.5. The Morgan fingerprint density at radius 1 is 1.21 bits per heavy atom. The van der Waals surface area contributed by atoms with Crippen molar-refractivity contribution in [2.45, 2.75) is 26.0 Å². The Balaban J connectivity index is 1.88. The van der Waals surface area contributed by atoms with E-state index in [1.54, 1.807) is 7.11 Å². The van der Waals surface area contributed by atoms with Gasteiger partial charge in [-0.05, 0) is 56.6 Å². The molecule has 0 spiro atoms. The van der Waals surface area contributed by atoms with Crippen molar-refractivity contribution in [3.8, 4) is 0 Å². The second-order valence-corrected chi connectivity index (χ2v) is 5.48. The predicted molar refractivity (Wildman–Crippen MR) is 79.1 cm³/mol. The summed E-state index contributed by atoms with van der Waals surface area (Å²) in [5.41, 5.74) is 2.73. The van der Waals surface area contributed by atoms with Crippen LogP contribution in [0, 0.1) is 5.92 Å². The average molecular weight is 262 g/mol. The van der Waals surface area contributed by atoms with Gasteiger partial charge in [-0.15, -0.1) is 0 Å². The third kappa shape index (κ3) is 4.30. The maximum atomic E-state index is 5.28. The van der Waals surface area contributed by atoms with Gasteiger partial charge in [-0.3, -0.25) is 4.90 Å². The summed E-state index contributed by atoms with van der Waals surface area (Å²) in [6.45, 7) is 5.37. The first-order chi connectivity index (χ1) is 9.33. The van der Waals surface area contributed by atoms with Crippen LogP contribution < -0.4 is 5.32 Å². The molecule has 3 nitrogen and oxygen atoms in total. The van der Waals surface area contributed by atoms with Gasteiger partial charge in [-0.2, -0.15) is 0 Å². The second kappa shape index (κ2) is 7.63. The Kier molecular flexibility index (Phi) is 5.83. The summed E-state index contributed by atoms with van der Waals surface area (Å²) in [5.74, 6) is 0.857. The average Bonchev–Trinajstić information content (AvgIpc) is 2.44. The molecule has 1 aliphatic rings. The molecule has 106 valence electrons. The third-order valence-electron chi connectivity index (χ3n) is 4.01. The van der Waals surface area contributed by atoms with Crippen LogP contribution in [0.5, 0.6) is 0 Å². The van der Waals surface area contributed by atoms with Gasteiger partial charge in [0, 0.05) is 13.7 Å². The first-order valence-corrected chi connectivity index (χ1v) is 7.26. The number of hydrogen-bond acceptors (Lipinski definition) is 3. The molecular formula is C16H26N2O. The number of rotatable bonds is 6. The van der Waals surface area contributed by atoms with E-state index in [0.717, 1.165) is 19.0 Å². The monoisotopic (exact) mass is 262 g/mol. The van der Waals surface area contributed by atoms with Crippen molar-refractivity contribution < 1.29 is 4.74 Å². The zero-order chi connectivity index (χ0) is 13.5. The van der Waals surface area contributed by atoms with Gasteiger partial charge >= 0.3 is 0 Å². The molecule has 0 saturated carbocycles. The minimum absolute atomic E-state index is 0.715. The first-order valence-electron chi connectivity index (χ1n) is 7.26. The molecule has 3 heteroatoms. The third-order valence-corrected chi connectivity index (χ3v) is 4.01. The number of hydrogen-bond donors (Lipinski definition) is 1. The summed E-state index contributed by atoms with van der Waals surface area (Å²) >= 11 is 0. The van der Waals surface area contributed by atoms with Gasteiger partial charge in [0.25, 0.3) is 0 Å². The van der Waals surface area contributed by atoms with Crippen LogP contribution in [0.2, 0.25) is 0 Å². The SMILES string of the molecule is CNCC1CCN(Cc2ccccc2COC)CC1. The van der Waals surface area contributed by atoms with Crippen LogP contribution in [0.1, 0.15) is 24.0 Å². The van der Waals surface area contributed by atoms with E-state index in [-0.39, 0.29) is 0 Å². The van der Waals surface area contributed by atoms with Crippen molar-refractivity contribution in [2.75, 3.05) is 33.8 Å². The molecule has 1 heterocycles. The molecule has 1 aromatic carbocycles. The van der Waals surface area contributed by atoms with E-state index in [1.807, 2.05) is 7.05 Å². The molecule has 0 amide bonds. The molecule has 0 atom stereocenters. The normalized spacial score (nSPS) is 17.8. The molecule has 0 radical (unpaired) electrons. The largest absolute Gasteiger partial charge is 0.380 e. The Morgan fingerprint density at radius 2 is 1.89 bits per heavy atom. The molecule has 0 bridgehead atoms. The van der Waals surface area contributed by atoms with Crippen molar-refractivity contribution in [2.24, 2.45) is 5.92 Å². The van der Waals surface area contributed by atoms with E-state index in [2.05, 4.69) is 34.5 Å². The van der Waals surface area contributed by atoms with Crippen LogP contribution in [0.25, 0.3) is 0 Å². The molecule has 0 unspecified atom stereocenters. The number of likely N-dealkylation sites (tertiary alicyclic amines) is 1. The molecule has 1 fully saturated rings. The fourth-order valence-corrected chi connectivity index (χ4v) is 2.89. The smallest absolute Gasteiger partial charge is 0.0716 e. The molecule has 2 rings (SSSR count). The lowest BCUT2D eigenvalue weighted by atomic mass is 9.96. The highest BCUT2D eigenvalue weighted by Gasteiger charge is 2.19. The lowest BCUT2D eigenvalue weighted by molar-refractivity contribution is 0.168. The Bertz CT molecular complexity index is 373. The van der Waals surface area contributed by atoms with E-state index in [1.165, 1.54) is 37.1 Å². The summed E-state index contributed by atoms with van der Waals surface area (Å²) < 4.78 is 5.28. The van der Waals surface area contributed by atoms with Crippen molar-refractivity contribution >= 4 is 0 Å². The molecule has 1 aromatic rings. The van der Waals surface area contributed by atoms with Crippen LogP contribution in [-0.4, -0.2) is 38.7 Å². The predicted octanol–water partition coefficient (Wildman–Crippen LogP) is 2.26. The van der Waals surface area contributed by atoms with Crippen LogP contribution >= 0.6 is 0 Å². The number of nitrogens with zero attached hydrogens (tertiary/aromatic N) is 1. The highest BCUT2D eigenvalue weighted by molar-refractivity contribution is 5.26. The van der Waals surface area contributed by atoms with Crippen LogP contribution in [-0.2, 0) is 17.9 Å². The number of methoxy groups -OCH3 is 1. The topological polar surface area (TPSA) is 24.5 Å². The van der Waals surface area contributed by atoms with Gasteiger partial charge < -0.3 is 10.1 Å². The van der Waals surface area contributed by atoms with E-state index < -0.39 is 0 Å². The summed E-state index contributed by atoms with van der Waals surface area (Å²) in [4.78, 5) is 2.57. The molecule has 1 N–H and O–H groups in total. The van der Waals surface area contributed by atoms with E-state index in [9.17, 15) is 0 Å². The minimum atomic E-state index is 0.715. The van der Waals surface area contributed by atoms with E-state index >= 15 is 0 Å². The van der Waals surface area contributed by atoms with Gasteiger partial charge in [-0.25, -0.2) is 0 Å². The summed E-state index contributed by atoms with van der Waals surface area (Å²) in [6, 6.07) is 8.62. The molecule has 1 aliphatic heterocycles. The van der Waals surface area contributed by atoms with Crippen LogP contribution in [0.15, 0.2) is 24.3 Å². The van der Waals surface area contributed by atoms with E-state index in [4.69, 9.17) is 4.74 Å².